The minimum Gasteiger partial charge on any atom is -0.455 e. The van der Waals surface area contributed by atoms with Gasteiger partial charge in [-0.2, -0.15) is 0 Å². The molecule has 0 amide bonds. The van der Waals surface area contributed by atoms with Gasteiger partial charge in [0.1, 0.15) is 11.2 Å². The maximum atomic E-state index is 6.97. The van der Waals surface area contributed by atoms with Crippen LogP contribution in [0.25, 0.3) is 66.0 Å². The van der Waals surface area contributed by atoms with Gasteiger partial charge in [-0.25, -0.2) is 4.98 Å². The number of anilines is 3. The summed E-state index contributed by atoms with van der Waals surface area (Å²) in [6.45, 7) is 4.65. The predicted molar refractivity (Wildman–Crippen MR) is 204 cm³/mol. The zero-order chi connectivity index (χ0) is 32.7. The van der Waals surface area contributed by atoms with Crippen LogP contribution < -0.4 is 4.90 Å². The lowest BCUT2D eigenvalue weighted by molar-refractivity contribution is 0.632. The van der Waals surface area contributed by atoms with Gasteiger partial charge in [0.05, 0.1) is 22.6 Å². The van der Waals surface area contributed by atoms with Crippen LogP contribution in [0.5, 0.6) is 0 Å². The first kappa shape index (κ1) is 27.9. The van der Waals surface area contributed by atoms with Crippen molar-refractivity contribution in [2.75, 3.05) is 4.90 Å². The summed E-state index contributed by atoms with van der Waals surface area (Å²) in [4.78, 5) is 7.54. The first-order valence-electron chi connectivity index (χ1n) is 16.9. The molecule has 0 N–H and O–H groups in total. The Kier molecular flexibility index (Phi) is 5.92. The number of nitrogens with zero attached hydrogens (tertiary/aromatic N) is 2. The Labute approximate surface area is 284 Å². The highest BCUT2D eigenvalue weighted by Gasteiger charge is 2.36. The van der Waals surface area contributed by atoms with E-state index < -0.39 is 0 Å². The monoisotopic (exact) mass is 628 g/mol. The molecule has 3 heterocycles. The Morgan fingerprint density at radius 1 is 0.490 bits per heavy atom. The van der Waals surface area contributed by atoms with Gasteiger partial charge in [0.25, 0.3) is 0 Å². The summed E-state index contributed by atoms with van der Waals surface area (Å²) in [6, 6.07) is 56.2. The number of rotatable bonds is 3. The average Bonchev–Trinajstić information content (AvgIpc) is 3.54. The van der Waals surface area contributed by atoms with Gasteiger partial charge in [-0.05, 0) is 53.1 Å². The molecule has 0 saturated heterocycles. The fourth-order valence-corrected chi connectivity index (χ4v) is 8.07. The smallest absolute Gasteiger partial charge is 0.144 e. The lowest BCUT2D eigenvalue weighted by atomic mass is 9.73. The van der Waals surface area contributed by atoms with Crippen molar-refractivity contribution in [3.63, 3.8) is 0 Å². The molecule has 0 aliphatic carbocycles. The molecule has 1 aliphatic heterocycles. The summed E-state index contributed by atoms with van der Waals surface area (Å²) in [7, 11) is 0. The van der Waals surface area contributed by atoms with Crippen molar-refractivity contribution in [3.8, 4) is 22.4 Å². The third-order valence-electron chi connectivity index (χ3n) is 10.4. The molecule has 0 fully saturated rings. The van der Waals surface area contributed by atoms with Crippen molar-refractivity contribution in [2.24, 2.45) is 0 Å². The third-order valence-corrected chi connectivity index (χ3v) is 10.4. The molecule has 0 bridgehead atoms. The minimum absolute atomic E-state index is 0.0893. The van der Waals surface area contributed by atoms with E-state index in [4.69, 9.17) is 9.40 Å². The largest absolute Gasteiger partial charge is 0.455 e. The molecule has 3 nitrogen and oxygen atoms in total. The van der Waals surface area contributed by atoms with Crippen LogP contribution in [-0.4, -0.2) is 4.98 Å². The number of benzene rings is 7. The van der Waals surface area contributed by atoms with Crippen LogP contribution in [0.2, 0.25) is 0 Å². The van der Waals surface area contributed by atoms with Gasteiger partial charge in [-0.1, -0.05) is 135 Å². The predicted octanol–water partition coefficient (Wildman–Crippen LogP) is 12.7. The summed E-state index contributed by atoms with van der Waals surface area (Å²) in [5.41, 5.74) is 13.2. The number of aromatic nitrogens is 1. The van der Waals surface area contributed by atoms with Gasteiger partial charge in [-0.15, -0.1) is 0 Å². The molecule has 9 aromatic rings. The third kappa shape index (κ3) is 4.06. The Hall–Kier alpha value is -6.19. The minimum atomic E-state index is -0.0893. The van der Waals surface area contributed by atoms with E-state index in [9.17, 15) is 0 Å². The first-order valence-corrected chi connectivity index (χ1v) is 16.9. The second-order valence-corrected chi connectivity index (χ2v) is 13.5. The molecule has 0 radical (unpaired) electrons. The summed E-state index contributed by atoms with van der Waals surface area (Å²) in [5, 5.41) is 5.51. The SMILES string of the molecule is CC1(C)c2ccccc2N(c2ccc(-c3cccc4c3oc3c4ccc4c(-c5ccccc5)nc5ccccc5c43)cc2)c2ccccc21. The van der Waals surface area contributed by atoms with Gasteiger partial charge >= 0.3 is 0 Å². The van der Waals surface area contributed by atoms with Crippen LogP contribution in [0.15, 0.2) is 162 Å². The van der Waals surface area contributed by atoms with Crippen molar-refractivity contribution in [1.29, 1.82) is 0 Å². The van der Waals surface area contributed by atoms with Crippen LogP contribution in [-0.2, 0) is 5.41 Å². The van der Waals surface area contributed by atoms with Gasteiger partial charge in [0, 0.05) is 49.2 Å². The Morgan fingerprint density at radius 3 is 1.86 bits per heavy atom. The van der Waals surface area contributed by atoms with Gasteiger partial charge in [-0.3, -0.25) is 0 Å². The zero-order valence-electron chi connectivity index (χ0n) is 27.3. The van der Waals surface area contributed by atoms with E-state index in [0.29, 0.717) is 0 Å². The highest BCUT2D eigenvalue weighted by molar-refractivity contribution is 6.25. The number of pyridine rings is 1. The van der Waals surface area contributed by atoms with Crippen molar-refractivity contribution in [1.82, 2.24) is 4.98 Å². The molecule has 2 aromatic heterocycles. The van der Waals surface area contributed by atoms with E-state index in [1.165, 1.54) is 22.5 Å². The number of hydrogen-bond donors (Lipinski definition) is 0. The number of para-hydroxylation sites is 4. The van der Waals surface area contributed by atoms with Gasteiger partial charge in [0.15, 0.2) is 0 Å². The van der Waals surface area contributed by atoms with E-state index >= 15 is 0 Å². The van der Waals surface area contributed by atoms with E-state index in [2.05, 4.69) is 170 Å². The average molecular weight is 629 g/mol. The van der Waals surface area contributed by atoms with Crippen LogP contribution in [0.3, 0.4) is 0 Å². The standard InChI is InChI=1S/C46H32N2O/c1-46(2)37-18-7-10-21-40(37)48(41-22-11-8-19-38(41)46)31-25-23-29(24-26-31)32-16-12-17-33-34-27-28-36-42(45(34)49-44(32)33)35-15-6-9-20-39(35)47-43(36)30-13-4-3-5-14-30/h3-28H,1-2H3. The summed E-state index contributed by atoms with van der Waals surface area (Å²) in [5.74, 6) is 0. The van der Waals surface area contributed by atoms with E-state index in [-0.39, 0.29) is 5.41 Å². The molecule has 0 unspecified atom stereocenters. The molecule has 0 atom stereocenters. The van der Waals surface area contributed by atoms with Crippen molar-refractivity contribution >= 4 is 60.7 Å². The van der Waals surface area contributed by atoms with Crippen molar-refractivity contribution < 1.29 is 4.42 Å². The topological polar surface area (TPSA) is 29.3 Å². The van der Waals surface area contributed by atoms with Gasteiger partial charge < -0.3 is 9.32 Å². The van der Waals surface area contributed by atoms with E-state index in [1.807, 2.05) is 6.07 Å². The number of fused-ring (bicyclic) bond motifs is 9. The Morgan fingerprint density at radius 2 is 1.10 bits per heavy atom. The first-order chi connectivity index (χ1) is 24.1. The van der Waals surface area contributed by atoms with Crippen LogP contribution in [0.1, 0.15) is 25.0 Å². The summed E-state index contributed by atoms with van der Waals surface area (Å²) in [6.07, 6.45) is 0. The second kappa shape index (κ2) is 10.4. The second-order valence-electron chi connectivity index (χ2n) is 13.5. The summed E-state index contributed by atoms with van der Waals surface area (Å²) >= 11 is 0. The number of hydrogen-bond acceptors (Lipinski definition) is 3. The Balaban J connectivity index is 1.15. The van der Waals surface area contributed by atoms with Crippen molar-refractivity contribution in [3.05, 3.63) is 169 Å². The molecular weight excluding hydrogens is 597 g/mol. The molecular formula is C46H32N2O. The van der Waals surface area contributed by atoms with Crippen LogP contribution in [0, 0.1) is 0 Å². The molecule has 7 aromatic carbocycles. The van der Waals surface area contributed by atoms with Gasteiger partial charge in [0.2, 0.25) is 0 Å². The normalized spacial score (nSPS) is 13.6. The lowest BCUT2D eigenvalue weighted by Crippen LogP contribution is -2.30. The van der Waals surface area contributed by atoms with Crippen LogP contribution >= 0.6 is 0 Å². The fourth-order valence-electron chi connectivity index (χ4n) is 8.07. The quantitative estimate of drug-likeness (QED) is 0.182. The number of furan rings is 1. The lowest BCUT2D eigenvalue weighted by Gasteiger charge is -2.42. The van der Waals surface area contributed by atoms with E-state index in [1.54, 1.807) is 0 Å². The fraction of sp³-hybridized carbons (Fsp3) is 0.0652. The summed E-state index contributed by atoms with van der Waals surface area (Å²) < 4.78 is 6.97. The molecule has 10 rings (SSSR count). The molecule has 0 saturated carbocycles. The van der Waals surface area contributed by atoms with Crippen molar-refractivity contribution in [2.45, 2.75) is 19.3 Å². The highest BCUT2D eigenvalue weighted by atomic mass is 16.3. The highest BCUT2D eigenvalue weighted by Crippen LogP contribution is 2.52. The molecule has 0 spiro atoms. The maximum Gasteiger partial charge on any atom is 0.144 e. The zero-order valence-corrected chi connectivity index (χ0v) is 27.3. The molecule has 232 valence electrons. The maximum absolute atomic E-state index is 6.97. The van der Waals surface area contributed by atoms with Crippen LogP contribution in [0.4, 0.5) is 17.1 Å². The molecule has 1 aliphatic rings. The molecule has 49 heavy (non-hydrogen) atoms. The van der Waals surface area contributed by atoms with E-state index in [0.717, 1.165) is 71.7 Å². The Bertz CT molecular complexity index is 2690. The molecule has 3 heteroatoms.